The van der Waals surface area contributed by atoms with E-state index in [9.17, 15) is 0 Å². The van der Waals surface area contributed by atoms with Crippen LogP contribution in [0.1, 0.15) is 5.82 Å². The van der Waals surface area contributed by atoms with Gasteiger partial charge in [0.25, 0.3) is 0 Å². The molecule has 0 atom stereocenters. The van der Waals surface area contributed by atoms with Crippen LogP contribution in [0, 0.1) is 0 Å². The van der Waals surface area contributed by atoms with Crippen LogP contribution in [0.4, 0.5) is 0 Å². The van der Waals surface area contributed by atoms with Crippen molar-refractivity contribution < 1.29 is 5.11 Å². The molecular weight excluding hydrogens is 190 g/mol. The minimum atomic E-state index is 0.0416. The molecule has 1 aromatic heterocycles. The SMILES string of the molecule is OCCc1nncc(-c2ccccc2)n1. The fourth-order valence-electron chi connectivity index (χ4n) is 1.29. The Bertz CT molecular complexity index is 431. The van der Waals surface area contributed by atoms with Crippen LogP contribution in [-0.2, 0) is 6.42 Å². The van der Waals surface area contributed by atoms with Crippen LogP contribution >= 0.6 is 0 Å². The second kappa shape index (κ2) is 4.61. The second-order valence-electron chi connectivity index (χ2n) is 3.10. The van der Waals surface area contributed by atoms with E-state index in [1.54, 1.807) is 6.20 Å². The summed E-state index contributed by atoms with van der Waals surface area (Å²) in [6.07, 6.45) is 2.06. The molecule has 1 heterocycles. The van der Waals surface area contributed by atoms with Gasteiger partial charge in [-0.3, -0.25) is 0 Å². The molecule has 15 heavy (non-hydrogen) atoms. The van der Waals surface area contributed by atoms with E-state index < -0.39 is 0 Å². The van der Waals surface area contributed by atoms with E-state index in [2.05, 4.69) is 15.2 Å². The number of hydrogen-bond acceptors (Lipinski definition) is 4. The summed E-state index contributed by atoms with van der Waals surface area (Å²) in [6.45, 7) is 0.0416. The van der Waals surface area contributed by atoms with Gasteiger partial charge in [0, 0.05) is 12.0 Å². The zero-order valence-corrected chi connectivity index (χ0v) is 8.17. The molecule has 0 aliphatic heterocycles. The Kier molecular flexibility index (Phi) is 2.99. The molecule has 4 heteroatoms. The van der Waals surface area contributed by atoms with Crippen LogP contribution in [0.3, 0.4) is 0 Å². The summed E-state index contributed by atoms with van der Waals surface area (Å²) >= 11 is 0. The maximum Gasteiger partial charge on any atom is 0.153 e. The van der Waals surface area contributed by atoms with Gasteiger partial charge in [-0.1, -0.05) is 30.3 Å². The van der Waals surface area contributed by atoms with Gasteiger partial charge in [0.15, 0.2) is 5.82 Å². The molecule has 0 saturated carbocycles. The third-order valence-electron chi connectivity index (χ3n) is 2.01. The average Bonchev–Trinajstić information content (AvgIpc) is 2.31. The highest BCUT2D eigenvalue weighted by molar-refractivity contribution is 5.57. The van der Waals surface area contributed by atoms with Crippen LogP contribution in [0.2, 0.25) is 0 Å². The standard InChI is InChI=1S/C11H11N3O/c15-7-6-11-13-10(8-12-14-11)9-4-2-1-3-5-9/h1-5,8,15H,6-7H2. The summed E-state index contributed by atoms with van der Waals surface area (Å²) < 4.78 is 0. The lowest BCUT2D eigenvalue weighted by molar-refractivity contribution is 0.296. The van der Waals surface area contributed by atoms with Gasteiger partial charge in [0.05, 0.1) is 18.5 Å². The number of benzene rings is 1. The van der Waals surface area contributed by atoms with Crippen molar-refractivity contribution in [2.24, 2.45) is 0 Å². The number of aliphatic hydroxyl groups is 1. The first kappa shape index (κ1) is 9.73. The minimum Gasteiger partial charge on any atom is -0.396 e. The molecule has 0 aliphatic rings. The van der Waals surface area contributed by atoms with Crippen molar-refractivity contribution >= 4 is 0 Å². The quantitative estimate of drug-likeness (QED) is 0.807. The smallest absolute Gasteiger partial charge is 0.153 e. The van der Waals surface area contributed by atoms with Crippen molar-refractivity contribution in [1.29, 1.82) is 0 Å². The van der Waals surface area contributed by atoms with Crippen molar-refractivity contribution in [1.82, 2.24) is 15.2 Å². The Morgan fingerprint density at radius 1 is 1.13 bits per heavy atom. The van der Waals surface area contributed by atoms with Gasteiger partial charge in [-0.15, -0.1) is 5.10 Å². The first-order chi connectivity index (χ1) is 7.40. The van der Waals surface area contributed by atoms with Gasteiger partial charge >= 0.3 is 0 Å². The number of nitrogens with zero attached hydrogens (tertiary/aromatic N) is 3. The molecule has 2 rings (SSSR count). The lowest BCUT2D eigenvalue weighted by atomic mass is 10.2. The normalized spacial score (nSPS) is 10.2. The second-order valence-corrected chi connectivity index (χ2v) is 3.10. The fourth-order valence-corrected chi connectivity index (χ4v) is 1.29. The molecule has 2 aromatic rings. The van der Waals surface area contributed by atoms with Crippen LogP contribution in [0.5, 0.6) is 0 Å². The van der Waals surface area contributed by atoms with Gasteiger partial charge in [-0.05, 0) is 0 Å². The van der Waals surface area contributed by atoms with E-state index in [0.717, 1.165) is 11.3 Å². The van der Waals surface area contributed by atoms with Gasteiger partial charge in [0.1, 0.15) is 0 Å². The summed E-state index contributed by atoms with van der Waals surface area (Å²) in [7, 11) is 0. The summed E-state index contributed by atoms with van der Waals surface area (Å²) in [5.74, 6) is 0.568. The zero-order valence-electron chi connectivity index (χ0n) is 8.17. The molecule has 0 radical (unpaired) electrons. The maximum atomic E-state index is 8.77. The van der Waals surface area contributed by atoms with Crippen LogP contribution in [-0.4, -0.2) is 26.9 Å². The van der Waals surface area contributed by atoms with Crippen LogP contribution in [0.25, 0.3) is 11.3 Å². The summed E-state index contributed by atoms with van der Waals surface area (Å²) in [4.78, 5) is 4.30. The Morgan fingerprint density at radius 2 is 1.93 bits per heavy atom. The molecule has 1 N–H and O–H groups in total. The fraction of sp³-hybridized carbons (Fsp3) is 0.182. The van der Waals surface area contributed by atoms with Crippen LogP contribution in [0.15, 0.2) is 36.5 Å². The molecule has 76 valence electrons. The van der Waals surface area contributed by atoms with Gasteiger partial charge in [-0.25, -0.2) is 4.98 Å². The molecule has 0 fully saturated rings. The molecule has 0 bridgehead atoms. The predicted molar refractivity (Wildman–Crippen MR) is 56.1 cm³/mol. The molecular formula is C11H11N3O. The summed E-state index contributed by atoms with van der Waals surface area (Å²) in [6, 6.07) is 9.78. The Labute approximate surface area is 87.6 Å². The van der Waals surface area contributed by atoms with Crippen molar-refractivity contribution in [3.05, 3.63) is 42.4 Å². The number of rotatable bonds is 3. The Hall–Kier alpha value is -1.81. The van der Waals surface area contributed by atoms with Gasteiger partial charge < -0.3 is 5.11 Å². The maximum absolute atomic E-state index is 8.77. The van der Waals surface area contributed by atoms with E-state index in [0.29, 0.717) is 12.2 Å². The highest BCUT2D eigenvalue weighted by Gasteiger charge is 2.01. The zero-order chi connectivity index (χ0) is 10.5. The summed E-state index contributed by atoms with van der Waals surface area (Å²) in [5.41, 5.74) is 1.79. The van der Waals surface area contributed by atoms with Gasteiger partial charge in [-0.2, -0.15) is 5.10 Å². The van der Waals surface area contributed by atoms with Crippen molar-refractivity contribution in [3.63, 3.8) is 0 Å². The van der Waals surface area contributed by atoms with Gasteiger partial charge in [0.2, 0.25) is 0 Å². The van der Waals surface area contributed by atoms with E-state index in [1.165, 1.54) is 0 Å². The molecule has 4 nitrogen and oxygen atoms in total. The van der Waals surface area contributed by atoms with Crippen molar-refractivity contribution in [3.8, 4) is 11.3 Å². The average molecular weight is 201 g/mol. The Morgan fingerprint density at radius 3 is 2.67 bits per heavy atom. The van der Waals surface area contributed by atoms with E-state index in [4.69, 9.17) is 5.11 Å². The molecule has 0 aliphatic carbocycles. The first-order valence-electron chi connectivity index (χ1n) is 4.75. The van der Waals surface area contributed by atoms with E-state index >= 15 is 0 Å². The lowest BCUT2D eigenvalue weighted by Crippen LogP contribution is -2.01. The van der Waals surface area contributed by atoms with E-state index in [1.807, 2.05) is 30.3 Å². The third-order valence-corrected chi connectivity index (χ3v) is 2.01. The topological polar surface area (TPSA) is 58.9 Å². The van der Waals surface area contributed by atoms with Crippen molar-refractivity contribution in [2.45, 2.75) is 6.42 Å². The summed E-state index contributed by atoms with van der Waals surface area (Å²) in [5, 5.41) is 16.5. The minimum absolute atomic E-state index is 0.0416. The third kappa shape index (κ3) is 2.35. The number of aromatic nitrogens is 3. The molecule has 0 spiro atoms. The van der Waals surface area contributed by atoms with Crippen LogP contribution < -0.4 is 0 Å². The van der Waals surface area contributed by atoms with Crippen molar-refractivity contribution in [2.75, 3.05) is 6.61 Å². The number of hydrogen-bond donors (Lipinski definition) is 1. The highest BCUT2D eigenvalue weighted by Crippen LogP contribution is 2.14. The monoisotopic (exact) mass is 201 g/mol. The first-order valence-corrected chi connectivity index (χ1v) is 4.75. The molecule has 1 aromatic carbocycles. The lowest BCUT2D eigenvalue weighted by Gasteiger charge is -2.01. The molecule has 0 saturated heterocycles. The predicted octanol–water partition coefficient (Wildman–Crippen LogP) is 1.07. The van der Waals surface area contributed by atoms with E-state index in [-0.39, 0.29) is 6.61 Å². The largest absolute Gasteiger partial charge is 0.396 e. The molecule has 0 unspecified atom stereocenters. The Balaban J connectivity index is 2.33. The number of aliphatic hydroxyl groups excluding tert-OH is 1. The molecule has 0 amide bonds. The highest BCUT2D eigenvalue weighted by atomic mass is 16.3.